The quantitative estimate of drug-likeness (QED) is 0.853. The van der Waals surface area contributed by atoms with Gasteiger partial charge in [0.2, 0.25) is 0 Å². The zero-order chi connectivity index (χ0) is 15.7. The molecule has 1 aliphatic heterocycles. The van der Waals surface area contributed by atoms with Crippen LogP contribution in [0.2, 0.25) is 0 Å². The molecule has 1 saturated heterocycles. The Morgan fingerprint density at radius 3 is 2.45 bits per heavy atom. The van der Waals surface area contributed by atoms with E-state index < -0.39 is 11.7 Å². The van der Waals surface area contributed by atoms with Crippen LogP contribution in [0.15, 0.2) is 24.3 Å². The molecule has 1 aliphatic carbocycles. The molecule has 1 heterocycles. The zero-order valence-corrected chi connectivity index (χ0v) is 12.1. The summed E-state index contributed by atoms with van der Waals surface area (Å²) >= 11 is 0. The van der Waals surface area contributed by atoms with Crippen LogP contribution in [-0.2, 0) is 10.9 Å². The van der Waals surface area contributed by atoms with Gasteiger partial charge in [-0.15, -0.1) is 0 Å². The predicted molar refractivity (Wildman–Crippen MR) is 74.4 cm³/mol. The Hall–Kier alpha value is -1.56. The molecule has 1 saturated carbocycles. The number of alkyl halides is 3. The molecule has 0 unspecified atom stereocenters. The maximum atomic E-state index is 12.5. The molecule has 2 aliphatic rings. The van der Waals surface area contributed by atoms with Crippen molar-refractivity contribution in [2.45, 2.75) is 31.5 Å². The van der Waals surface area contributed by atoms with Crippen molar-refractivity contribution in [3.63, 3.8) is 0 Å². The Kier molecular flexibility index (Phi) is 4.12. The minimum atomic E-state index is -4.38. The molecular weight excluding hydrogens is 295 g/mol. The third-order valence-electron chi connectivity index (χ3n) is 4.16. The van der Waals surface area contributed by atoms with E-state index in [0.717, 1.165) is 25.2 Å². The first-order valence-corrected chi connectivity index (χ1v) is 7.51. The molecule has 0 spiro atoms. The third kappa shape index (κ3) is 3.61. The molecule has 0 aromatic heterocycles. The molecule has 120 valence electrons. The van der Waals surface area contributed by atoms with Gasteiger partial charge in [-0.25, -0.2) is 0 Å². The standard InChI is InChI=1S/C16H18F3NO2/c17-16(18,19)13-5-3-12(4-6-13)15(21)20-8-7-14(9-20)22-10-11-1-2-11/h3-6,11,14H,1-2,7-10H2/t14-/m0/s1. The SMILES string of the molecule is O=C(c1ccc(C(F)(F)F)cc1)N1CC[C@H](OCC2CC2)C1. The number of carbonyl (C=O) groups is 1. The van der Waals surface area contributed by atoms with E-state index in [1.807, 2.05) is 0 Å². The van der Waals surface area contributed by atoms with Gasteiger partial charge in [0.25, 0.3) is 5.91 Å². The van der Waals surface area contributed by atoms with Gasteiger partial charge in [0.1, 0.15) is 0 Å². The Morgan fingerprint density at radius 2 is 1.86 bits per heavy atom. The fourth-order valence-corrected chi connectivity index (χ4v) is 2.59. The average Bonchev–Trinajstić information content (AvgIpc) is 3.20. The van der Waals surface area contributed by atoms with Gasteiger partial charge in [0.15, 0.2) is 0 Å². The van der Waals surface area contributed by atoms with Gasteiger partial charge >= 0.3 is 6.18 Å². The summed E-state index contributed by atoms with van der Waals surface area (Å²) in [6.07, 6.45) is -1.09. The van der Waals surface area contributed by atoms with E-state index in [1.54, 1.807) is 4.90 Å². The lowest BCUT2D eigenvalue weighted by Gasteiger charge is -2.17. The summed E-state index contributed by atoms with van der Waals surface area (Å²) in [6, 6.07) is 4.38. The van der Waals surface area contributed by atoms with Gasteiger partial charge < -0.3 is 9.64 Å². The monoisotopic (exact) mass is 313 g/mol. The normalized spacial score (nSPS) is 22.1. The van der Waals surface area contributed by atoms with Crippen LogP contribution in [0.5, 0.6) is 0 Å². The van der Waals surface area contributed by atoms with Gasteiger partial charge in [0, 0.05) is 25.3 Å². The largest absolute Gasteiger partial charge is 0.416 e. The fraction of sp³-hybridized carbons (Fsp3) is 0.562. The number of nitrogens with zero attached hydrogens (tertiary/aromatic N) is 1. The summed E-state index contributed by atoms with van der Waals surface area (Å²) in [7, 11) is 0. The van der Waals surface area contributed by atoms with E-state index in [2.05, 4.69) is 0 Å². The maximum absolute atomic E-state index is 12.5. The Balaban J connectivity index is 1.57. The second kappa shape index (κ2) is 5.91. The molecule has 1 aromatic carbocycles. The molecule has 6 heteroatoms. The molecule has 1 aromatic rings. The third-order valence-corrected chi connectivity index (χ3v) is 4.16. The number of amides is 1. The Labute approximate surface area is 127 Å². The first kappa shape index (κ1) is 15.3. The van der Waals surface area contributed by atoms with Gasteiger partial charge in [0.05, 0.1) is 11.7 Å². The molecule has 3 nitrogen and oxygen atoms in total. The number of likely N-dealkylation sites (tertiary alicyclic amines) is 1. The van der Waals surface area contributed by atoms with Crippen molar-refractivity contribution in [1.82, 2.24) is 4.90 Å². The highest BCUT2D eigenvalue weighted by atomic mass is 19.4. The topological polar surface area (TPSA) is 29.5 Å². The summed E-state index contributed by atoms with van der Waals surface area (Å²) in [6.45, 7) is 1.87. The zero-order valence-electron chi connectivity index (χ0n) is 12.1. The summed E-state index contributed by atoms with van der Waals surface area (Å²) in [5, 5.41) is 0. The number of rotatable bonds is 4. The number of carbonyl (C=O) groups excluding carboxylic acids is 1. The van der Waals surface area contributed by atoms with Crippen molar-refractivity contribution in [1.29, 1.82) is 0 Å². The molecule has 1 amide bonds. The van der Waals surface area contributed by atoms with Crippen LogP contribution in [0.1, 0.15) is 35.2 Å². The minimum absolute atomic E-state index is 0.0546. The van der Waals surface area contributed by atoms with Crippen LogP contribution < -0.4 is 0 Å². The summed E-state index contributed by atoms with van der Waals surface area (Å²) in [4.78, 5) is 13.9. The van der Waals surface area contributed by atoms with Crippen molar-refractivity contribution in [3.8, 4) is 0 Å². The molecule has 0 N–H and O–H groups in total. The second-order valence-electron chi connectivity index (χ2n) is 6.01. The van der Waals surface area contributed by atoms with Gasteiger partial charge in [-0.2, -0.15) is 13.2 Å². The molecular formula is C16H18F3NO2. The van der Waals surface area contributed by atoms with Crippen molar-refractivity contribution in [2.24, 2.45) is 5.92 Å². The van der Waals surface area contributed by atoms with Crippen LogP contribution in [0.4, 0.5) is 13.2 Å². The van der Waals surface area contributed by atoms with Gasteiger partial charge in [-0.05, 0) is 49.4 Å². The Morgan fingerprint density at radius 1 is 1.18 bits per heavy atom. The number of ether oxygens (including phenoxy) is 1. The highest BCUT2D eigenvalue weighted by Gasteiger charge is 2.32. The van der Waals surface area contributed by atoms with Crippen molar-refractivity contribution in [2.75, 3.05) is 19.7 Å². The van der Waals surface area contributed by atoms with E-state index in [9.17, 15) is 18.0 Å². The highest BCUT2D eigenvalue weighted by molar-refractivity contribution is 5.94. The highest BCUT2D eigenvalue weighted by Crippen LogP contribution is 2.31. The number of hydrogen-bond donors (Lipinski definition) is 0. The lowest BCUT2D eigenvalue weighted by molar-refractivity contribution is -0.137. The minimum Gasteiger partial charge on any atom is -0.376 e. The summed E-state index contributed by atoms with van der Waals surface area (Å²) in [5.41, 5.74) is -0.452. The Bertz CT molecular complexity index is 537. The van der Waals surface area contributed by atoms with Crippen LogP contribution in [0.25, 0.3) is 0 Å². The van der Waals surface area contributed by atoms with E-state index >= 15 is 0 Å². The van der Waals surface area contributed by atoms with Gasteiger partial charge in [-0.1, -0.05) is 0 Å². The van der Waals surface area contributed by atoms with Crippen molar-refractivity contribution < 1.29 is 22.7 Å². The van der Waals surface area contributed by atoms with Crippen LogP contribution in [0, 0.1) is 5.92 Å². The predicted octanol–water partition coefficient (Wildman–Crippen LogP) is 3.35. The van der Waals surface area contributed by atoms with Crippen molar-refractivity contribution in [3.05, 3.63) is 35.4 Å². The van der Waals surface area contributed by atoms with E-state index in [-0.39, 0.29) is 17.6 Å². The molecule has 22 heavy (non-hydrogen) atoms. The maximum Gasteiger partial charge on any atom is 0.416 e. The van der Waals surface area contributed by atoms with E-state index in [1.165, 1.54) is 25.0 Å². The average molecular weight is 313 g/mol. The smallest absolute Gasteiger partial charge is 0.376 e. The first-order valence-electron chi connectivity index (χ1n) is 7.51. The summed E-state index contributed by atoms with van der Waals surface area (Å²) in [5.74, 6) is 0.450. The number of halogens is 3. The summed E-state index contributed by atoms with van der Waals surface area (Å²) < 4.78 is 43.3. The molecule has 0 radical (unpaired) electrons. The van der Waals surface area contributed by atoms with Crippen LogP contribution >= 0.6 is 0 Å². The molecule has 3 rings (SSSR count). The molecule has 1 atom stereocenters. The van der Waals surface area contributed by atoms with Crippen molar-refractivity contribution >= 4 is 5.91 Å². The van der Waals surface area contributed by atoms with Gasteiger partial charge in [-0.3, -0.25) is 4.79 Å². The number of benzene rings is 1. The second-order valence-corrected chi connectivity index (χ2v) is 6.01. The first-order chi connectivity index (χ1) is 10.4. The van der Waals surface area contributed by atoms with E-state index in [4.69, 9.17) is 4.74 Å². The lowest BCUT2D eigenvalue weighted by atomic mass is 10.1. The lowest BCUT2D eigenvalue weighted by Crippen LogP contribution is -2.30. The van der Waals surface area contributed by atoms with Crippen LogP contribution in [0.3, 0.4) is 0 Å². The van der Waals surface area contributed by atoms with Crippen LogP contribution in [-0.4, -0.2) is 36.6 Å². The molecule has 0 bridgehead atoms. The number of hydrogen-bond acceptors (Lipinski definition) is 2. The fourth-order valence-electron chi connectivity index (χ4n) is 2.59. The molecule has 2 fully saturated rings. The van der Waals surface area contributed by atoms with E-state index in [0.29, 0.717) is 19.0 Å².